The minimum atomic E-state index is -0.194. The Morgan fingerprint density at radius 1 is 1.23 bits per heavy atom. The van der Waals surface area contributed by atoms with Gasteiger partial charge in [0.2, 0.25) is 5.91 Å². The summed E-state index contributed by atoms with van der Waals surface area (Å²) in [6, 6.07) is 3.87. The van der Waals surface area contributed by atoms with Gasteiger partial charge in [-0.2, -0.15) is 5.10 Å². The molecule has 1 aromatic heterocycles. The van der Waals surface area contributed by atoms with Crippen molar-refractivity contribution in [2.75, 3.05) is 27.2 Å². The minimum Gasteiger partial charge on any atom is -0.341 e. The highest BCUT2D eigenvalue weighted by molar-refractivity contribution is 5.76. The Bertz CT molecular complexity index is 598. The van der Waals surface area contributed by atoms with Crippen LogP contribution in [0.25, 0.3) is 0 Å². The first-order chi connectivity index (χ1) is 10.5. The molecule has 1 aliphatic heterocycles. The Labute approximate surface area is 130 Å². The van der Waals surface area contributed by atoms with Gasteiger partial charge in [-0.1, -0.05) is 0 Å². The molecule has 1 aliphatic carbocycles. The summed E-state index contributed by atoms with van der Waals surface area (Å²) in [5, 5.41) is 4.36. The van der Waals surface area contributed by atoms with Crippen LogP contribution in [0.5, 0.6) is 0 Å². The number of likely N-dealkylation sites (tertiary alicyclic amines) is 1. The molecule has 3 rings (SSSR count). The van der Waals surface area contributed by atoms with E-state index in [4.69, 9.17) is 0 Å². The highest BCUT2D eigenvalue weighted by Crippen LogP contribution is 2.38. The van der Waals surface area contributed by atoms with Crippen molar-refractivity contribution in [2.24, 2.45) is 0 Å². The molecule has 0 spiro atoms. The Morgan fingerprint density at radius 3 is 2.50 bits per heavy atom. The lowest BCUT2D eigenvalue weighted by Gasteiger charge is -2.35. The number of hydrogen-bond acceptors (Lipinski definition) is 4. The zero-order valence-corrected chi connectivity index (χ0v) is 13.4. The molecule has 0 radical (unpaired) electrons. The summed E-state index contributed by atoms with van der Waals surface area (Å²) in [6.07, 6.45) is 4.25. The molecule has 1 amide bonds. The summed E-state index contributed by atoms with van der Waals surface area (Å²) in [5.74, 6) is 0.484. The fourth-order valence-electron chi connectivity index (χ4n) is 3.03. The van der Waals surface area contributed by atoms with Crippen LogP contribution in [0, 0.1) is 0 Å². The Kier molecular flexibility index (Phi) is 4.29. The number of rotatable bonds is 4. The van der Waals surface area contributed by atoms with Gasteiger partial charge in [-0.05, 0) is 45.8 Å². The van der Waals surface area contributed by atoms with E-state index in [0.29, 0.717) is 12.0 Å². The first-order valence-corrected chi connectivity index (χ1v) is 8.07. The van der Waals surface area contributed by atoms with E-state index in [9.17, 15) is 9.59 Å². The molecule has 2 fully saturated rings. The zero-order valence-electron chi connectivity index (χ0n) is 13.4. The fraction of sp³-hybridized carbons (Fsp3) is 0.688. The smallest absolute Gasteiger partial charge is 0.267 e. The van der Waals surface area contributed by atoms with Crippen LogP contribution in [0.3, 0.4) is 0 Å². The van der Waals surface area contributed by atoms with Crippen LogP contribution in [0.2, 0.25) is 0 Å². The lowest BCUT2D eigenvalue weighted by atomic mass is 10.0. The van der Waals surface area contributed by atoms with E-state index in [1.165, 1.54) is 10.7 Å². The summed E-state index contributed by atoms with van der Waals surface area (Å²) in [6.45, 7) is 1.59. The van der Waals surface area contributed by atoms with Gasteiger partial charge >= 0.3 is 0 Å². The lowest BCUT2D eigenvalue weighted by molar-refractivity contribution is -0.133. The van der Waals surface area contributed by atoms with Crippen molar-refractivity contribution in [3.8, 4) is 0 Å². The normalized spacial score (nSPS) is 19.7. The topological polar surface area (TPSA) is 58.4 Å². The molecule has 22 heavy (non-hydrogen) atoms. The molecule has 0 atom stereocenters. The van der Waals surface area contributed by atoms with E-state index in [-0.39, 0.29) is 18.0 Å². The monoisotopic (exact) mass is 304 g/mol. The number of piperidine rings is 1. The SMILES string of the molecule is CN(C)C1CCN(C(=O)Cn2nc(C3CC3)ccc2=O)CC1. The molecule has 0 unspecified atom stereocenters. The largest absolute Gasteiger partial charge is 0.341 e. The third kappa shape index (κ3) is 3.38. The van der Waals surface area contributed by atoms with E-state index < -0.39 is 0 Å². The van der Waals surface area contributed by atoms with Gasteiger partial charge in [-0.15, -0.1) is 0 Å². The number of aromatic nitrogens is 2. The maximum atomic E-state index is 12.4. The van der Waals surface area contributed by atoms with E-state index in [1.807, 2.05) is 4.90 Å². The molecule has 2 heterocycles. The number of carbonyl (C=O) groups excluding carboxylic acids is 1. The summed E-state index contributed by atoms with van der Waals surface area (Å²) < 4.78 is 1.33. The average Bonchev–Trinajstić information content (AvgIpc) is 3.34. The van der Waals surface area contributed by atoms with Crippen LogP contribution in [-0.2, 0) is 11.3 Å². The van der Waals surface area contributed by atoms with Crippen molar-refractivity contribution >= 4 is 5.91 Å². The average molecular weight is 304 g/mol. The summed E-state index contributed by atoms with van der Waals surface area (Å²) >= 11 is 0. The number of hydrogen-bond donors (Lipinski definition) is 0. The maximum Gasteiger partial charge on any atom is 0.267 e. The molecular formula is C16H24N4O2. The van der Waals surface area contributed by atoms with Crippen LogP contribution in [0.1, 0.15) is 37.3 Å². The van der Waals surface area contributed by atoms with E-state index >= 15 is 0 Å². The molecule has 6 heteroatoms. The van der Waals surface area contributed by atoms with Crippen LogP contribution in [-0.4, -0.2) is 58.7 Å². The molecule has 0 aromatic carbocycles. The maximum absolute atomic E-state index is 12.4. The van der Waals surface area contributed by atoms with Gasteiger partial charge in [0.05, 0.1) is 5.69 Å². The molecule has 0 bridgehead atoms. The van der Waals surface area contributed by atoms with Crippen molar-refractivity contribution in [2.45, 2.75) is 44.2 Å². The highest BCUT2D eigenvalue weighted by atomic mass is 16.2. The van der Waals surface area contributed by atoms with Gasteiger partial charge in [0, 0.05) is 31.1 Å². The van der Waals surface area contributed by atoms with Gasteiger partial charge in [0.1, 0.15) is 6.54 Å². The fourth-order valence-corrected chi connectivity index (χ4v) is 3.03. The molecule has 1 aromatic rings. The summed E-state index contributed by atoms with van der Waals surface area (Å²) in [5.41, 5.74) is 0.750. The predicted octanol–water partition coefficient (Wildman–Crippen LogP) is 0.673. The predicted molar refractivity (Wildman–Crippen MR) is 83.8 cm³/mol. The van der Waals surface area contributed by atoms with Crippen molar-refractivity contribution in [1.29, 1.82) is 0 Å². The van der Waals surface area contributed by atoms with Crippen LogP contribution in [0.4, 0.5) is 0 Å². The standard InChI is InChI=1S/C16H24N4O2/c1-18(2)13-7-9-19(10-8-13)16(22)11-20-15(21)6-5-14(17-20)12-3-4-12/h5-6,12-13H,3-4,7-11H2,1-2H3. The summed E-state index contributed by atoms with van der Waals surface area (Å²) in [4.78, 5) is 28.4. The summed E-state index contributed by atoms with van der Waals surface area (Å²) in [7, 11) is 4.16. The second-order valence-corrected chi connectivity index (χ2v) is 6.60. The molecule has 6 nitrogen and oxygen atoms in total. The third-order valence-electron chi connectivity index (χ3n) is 4.72. The van der Waals surface area contributed by atoms with E-state index in [0.717, 1.165) is 44.5 Å². The molecule has 120 valence electrons. The molecule has 0 N–H and O–H groups in total. The van der Waals surface area contributed by atoms with Crippen LogP contribution in [0.15, 0.2) is 16.9 Å². The number of amides is 1. The van der Waals surface area contributed by atoms with Crippen LogP contribution < -0.4 is 5.56 Å². The molecule has 2 aliphatic rings. The zero-order chi connectivity index (χ0) is 15.7. The highest BCUT2D eigenvalue weighted by Gasteiger charge is 2.27. The van der Waals surface area contributed by atoms with Crippen LogP contribution >= 0.6 is 0 Å². The first-order valence-electron chi connectivity index (χ1n) is 8.07. The van der Waals surface area contributed by atoms with Gasteiger partial charge in [-0.25, -0.2) is 4.68 Å². The molecule has 1 saturated heterocycles. The van der Waals surface area contributed by atoms with Crippen molar-refractivity contribution in [1.82, 2.24) is 19.6 Å². The van der Waals surface area contributed by atoms with Gasteiger partial charge in [0.15, 0.2) is 0 Å². The molecular weight excluding hydrogens is 280 g/mol. The quantitative estimate of drug-likeness (QED) is 0.820. The Morgan fingerprint density at radius 2 is 1.91 bits per heavy atom. The van der Waals surface area contributed by atoms with Crippen molar-refractivity contribution in [3.63, 3.8) is 0 Å². The first kappa shape index (κ1) is 15.2. The van der Waals surface area contributed by atoms with Gasteiger partial charge < -0.3 is 9.80 Å². The number of nitrogens with zero attached hydrogens (tertiary/aromatic N) is 4. The lowest BCUT2D eigenvalue weighted by Crippen LogP contribution is -2.46. The van der Waals surface area contributed by atoms with E-state index in [2.05, 4.69) is 24.1 Å². The van der Waals surface area contributed by atoms with E-state index in [1.54, 1.807) is 6.07 Å². The van der Waals surface area contributed by atoms with Crippen molar-refractivity contribution < 1.29 is 4.79 Å². The second kappa shape index (κ2) is 6.20. The Hall–Kier alpha value is -1.69. The number of carbonyl (C=O) groups is 1. The minimum absolute atomic E-state index is 0.000229. The van der Waals surface area contributed by atoms with Gasteiger partial charge in [-0.3, -0.25) is 9.59 Å². The third-order valence-corrected chi connectivity index (χ3v) is 4.72. The Balaban J connectivity index is 1.62. The molecule has 1 saturated carbocycles. The van der Waals surface area contributed by atoms with Crippen molar-refractivity contribution in [3.05, 3.63) is 28.2 Å². The van der Waals surface area contributed by atoms with Gasteiger partial charge in [0.25, 0.3) is 5.56 Å². The second-order valence-electron chi connectivity index (χ2n) is 6.60.